The van der Waals surface area contributed by atoms with Gasteiger partial charge in [-0.25, -0.2) is 0 Å². The lowest BCUT2D eigenvalue weighted by Gasteiger charge is -2.05. The van der Waals surface area contributed by atoms with E-state index >= 15 is 0 Å². The van der Waals surface area contributed by atoms with E-state index in [2.05, 4.69) is 11.1 Å². The van der Waals surface area contributed by atoms with Crippen molar-refractivity contribution < 1.29 is 5.11 Å². The molecule has 1 aromatic rings. The number of hydrogen-bond donors (Lipinski definition) is 2. The van der Waals surface area contributed by atoms with Gasteiger partial charge >= 0.3 is 0 Å². The van der Waals surface area contributed by atoms with Crippen LogP contribution in [0.4, 0.5) is 5.69 Å². The molecular formula is C15H16ClN3O. The number of aliphatic imine (C=N–C) groups is 1. The lowest BCUT2D eigenvalue weighted by molar-refractivity contribution is 0.328. The van der Waals surface area contributed by atoms with E-state index in [0.29, 0.717) is 30.0 Å². The Bertz CT molecular complexity index is 601. The standard InChI is InChI=1S/C15H16ClN3O/c16-11-2-1-3-12(8-11)19-15-7-10(4-5-17)6-13(15)14(18)9-20/h1-3,8,10,20H,4,6-7,9,18H2/b14-13-,19-15?. The summed E-state index contributed by atoms with van der Waals surface area (Å²) >= 11 is 5.95. The lowest BCUT2D eigenvalue weighted by Crippen LogP contribution is -2.09. The first-order chi connectivity index (χ1) is 9.63. The van der Waals surface area contributed by atoms with Crippen LogP contribution < -0.4 is 5.73 Å². The number of rotatable bonds is 3. The normalized spacial score (nSPS) is 22.9. The van der Waals surface area contributed by atoms with E-state index < -0.39 is 0 Å². The van der Waals surface area contributed by atoms with Crippen LogP contribution in [0.2, 0.25) is 5.02 Å². The highest BCUT2D eigenvalue weighted by molar-refractivity contribution is 6.30. The average molecular weight is 290 g/mol. The number of aliphatic hydroxyl groups is 1. The lowest BCUT2D eigenvalue weighted by atomic mass is 10.0. The monoisotopic (exact) mass is 289 g/mol. The Morgan fingerprint density at radius 3 is 2.95 bits per heavy atom. The molecule has 0 spiro atoms. The van der Waals surface area contributed by atoms with Gasteiger partial charge in [-0.05, 0) is 42.5 Å². The second kappa shape index (κ2) is 6.56. The van der Waals surface area contributed by atoms with Crippen molar-refractivity contribution in [1.29, 1.82) is 5.26 Å². The Balaban J connectivity index is 2.35. The fourth-order valence-corrected chi connectivity index (χ4v) is 2.56. The molecule has 1 unspecified atom stereocenters. The van der Waals surface area contributed by atoms with Crippen LogP contribution in [0.3, 0.4) is 0 Å². The minimum Gasteiger partial charge on any atom is -0.400 e. The molecule has 5 heteroatoms. The summed E-state index contributed by atoms with van der Waals surface area (Å²) in [5, 5.41) is 18.7. The summed E-state index contributed by atoms with van der Waals surface area (Å²) in [4.78, 5) is 4.58. The van der Waals surface area contributed by atoms with Crippen molar-refractivity contribution in [2.24, 2.45) is 16.6 Å². The largest absolute Gasteiger partial charge is 0.400 e. The minimum absolute atomic E-state index is 0.191. The molecule has 1 fully saturated rings. The molecule has 0 aromatic heterocycles. The van der Waals surface area contributed by atoms with Gasteiger partial charge in [-0.3, -0.25) is 4.99 Å². The molecule has 4 nitrogen and oxygen atoms in total. The third-order valence-electron chi connectivity index (χ3n) is 3.33. The van der Waals surface area contributed by atoms with Gasteiger partial charge in [0.25, 0.3) is 0 Å². The van der Waals surface area contributed by atoms with E-state index in [1.807, 2.05) is 12.1 Å². The SMILES string of the molecule is N#CCC1CC(=Nc2cccc(Cl)c2)/C(=C(\N)CO)C1. The number of nitriles is 1. The highest BCUT2D eigenvalue weighted by Gasteiger charge is 2.27. The zero-order valence-electron chi connectivity index (χ0n) is 11.0. The molecule has 1 aromatic carbocycles. The molecule has 0 amide bonds. The van der Waals surface area contributed by atoms with E-state index in [-0.39, 0.29) is 12.5 Å². The van der Waals surface area contributed by atoms with Gasteiger partial charge < -0.3 is 10.8 Å². The van der Waals surface area contributed by atoms with Crippen LogP contribution in [0.5, 0.6) is 0 Å². The van der Waals surface area contributed by atoms with Crippen LogP contribution in [-0.4, -0.2) is 17.4 Å². The number of nitrogens with two attached hydrogens (primary N) is 1. The Morgan fingerprint density at radius 2 is 2.30 bits per heavy atom. The first kappa shape index (κ1) is 14.6. The van der Waals surface area contributed by atoms with Crippen molar-refractivity contribution in [3.05, 3.63) is 40.6 Å². The maximum atomic E-state index is 9.22. The molecule has 1 saturated carbocycles. The maximum Gasteiger partial charge on any atom is 0.0828 e. The molecule has 2 rings (SSSR count). The molecule has 0 bridgehead atoms. The summed E-state index contributed by atoms with van der Waals surface area (Å²) in [5.41, 5.74) is 8.76. The molecule has 0 heterocycles. The van der Waals surface area contributed by atoms with E-state index in [1.54, 1.807) is 12.1 Å². The van der Waals surface area contributed by atoms with Crippen LogP contribution in [0.1, 0.15) is 19.3 Å². The molecular weight excluding hydrogens is 274 g/mol. The van der Waals surface area contributed by atoms with Crippen LogP contribution in [0.15, 0.2) is 40.5 Å². The van der Waals surface area contributed by atoms with Gasteiger partial charge in [0.15, 0.2) is 0 Å². The van der Waals surface area contributed by atoms with Crippen molar-refractivity contribution in [2.45, 2.75) is 19.3 Å². The van der Waals surface area contributed by atoms with E-state index in [0.717, 1.165) is 17.0 Å². The summed E-state index contributed by atoms with van der Waals surface area (Å²) in [5.74, 6) is 0.220. The third-order valence-corrected chi connectivity index (χ3v) is 3.57. The highest BCUT2D eigenvalue weighted by atomic mass is 35.5. The van der Waals surface area contributed by atoms with Gasteiger partial charge in [0.2, 0.25) is 0 Å². The molecule has 0 radical (unpaired) electrons. The summed E-state index contributed by atoms with van der Waals surface area (Å²) < 4.78 is 0. The van der Waals surface area contributed by atoms with Gasteiger partial charge in [-0.15, -0.1) is 0 Å². The Hall–Kier alpha value is -1.83. The zero-order valence-corrected chi connectivity index (χ0v) is 11.8. The van der Waals surface area contributed by atoms with E-state index in [4.69, 9.17) is 22.6 Å². The number of hydrogen-bond acceptors (Lipinski definition) is 4. The molecule has 3 N–H and O–H groups in total. The summed E-state index contributed by atoms with van der Waals surface area (Å²) in [6.45, 7) is -0.191. The number of halogens is 1. The van der Waals surface area contributed by atoms with E-state index in [1.165, 1.54) is 0 Å². The van der Waals surface area contributed by atoms with Crippen LogP contribution in [-0.2, 0) is 0 Å². The van der Waals surface area contributed by atoms with Crippen molar-refractivity contribution in [3.63, 3.8) is 0 Å². The van der Waals surface area contributed by atoms with Crippen LogP contribution >= 0.6 is 11.6 Å². The third kappa shape index (κ3) is 3.38. The predicted octanol–water partition coefficient (Wildman–Crippen LogP) is 2.94. The number of aliphatic hydroxyl groups excluding tert-OH is 1. The van der Waals surface area contributed by atoms with Gasteiger partial charge in [0.1, 0.15) is 0 Å². The number of benzene rings is 1. The molecule has 20 heavy (non-hydrogen) atoms. The minimum atomic E-state index is -0.191. The number of nitrogens with zero attached hydrogens (tertiary/aromatic N) is 2. The van der Waals surface area contributed by atoms with Gasteiger partial charge in [0, 0.05) is 22.9 Å². The van der Waals surface area contributed by atoms with Crippen molar-refractivity contribution >= 4 is 23.0 Å². The van der Waals surface area contributed by atoms with Gasteiger partial charge in [-0.1, -0.05) is 17.7 Å². The number of allylic oxidation sites excluding steroid dienone is 1. The fourth-order valence-electron chi connectivity index (χ4n) is 2.38. The molecule has 1 aliphatic carbocycles. The van der Waals surface area contributed by atoms with Gasteiger partial charge in [-0.2, -0.15) is 5.26 Å². The average Bonchev–Trinajstić information content (AvgIpc) is 2.81. The Kier molecular flexibility index (Phi) is 4.78. The molecule has 104 valence electrons. The van der Waals surface area contributed by atoms with Crippen LogP contribution in [0.25, 0.3) is 0 Å². The maximum absolute atomic E-state index is 9.22. The first-order valence-corrected chi connectivity index (χ1v) is 6.80. The van der Waals surface area contributed by atoms with Crippen LogP contribution in [0, 0.1) is 17.2 Å². The highest BCUT2D eigenvalue weighted by Crippen LogP contribution is 2.33. The Morgan fingerprint density at radius 1 is 1.50 bits per heavy atom. The Labute approximate surface area is 123 Å². The quantitative estimate of drug-likeness (QED) is 0.897. The fraction of sp³-hybridized carbons (Fsp3) is 0.333. The molecule has 0 aliphatic heterocycles. The predicted molar refractivity (Wildman–Crippen MR) is 79.8 cm³/mol. The smallest absolute Gasteiger partial charge is 0.0828 e. The zero-order chi connectivity index (χ0) is 14.5. The first-order valence-electron chi connectivity index (χ1n) is 6.43. The molecule has 0 saturated heterocycles. The molecule has 1 aliphatic rings. The second-order valence-corrected chi connectivity index (χ2v) is 5.27. The van der Waals surface area contributed by atoms with Crippen molar-refractivity contribution in [1.82, 2.24) is 0 Å². The summed E-state index contributed by atoms with van der Waals surface area (Å²) in [6.07, 6.45) is 1.87. The topological polar surface area (TPSA) is 82.4 Å². The van der Waals surface area contributed by atoms with Gasteiger partial charge in [0.05, 0.1) is 18.4 Å². The summed E-state index contributed by atoms with van der Waals surface area (Å²) in [6, 6.07) is 9.44. The van der Waals surface area contributed by atoms with Crippen molar-refractivity contribution in [2.75, 3.05) is 6.61 Å². The van der Waals surface area contributed by atoms with Crippen molar-refractivity contribution in [3.8, 4) is 6.07 Å². The van der Waals surface area contributed by atoms with E-state index in [9.17, 15) is 5.11 Å². The summed E-state index contributed by atoms with van der Waals surface area (Å²) in [7, 11) is 0. The molecule has 1 atom stereocenters. The second-order valence-electron chi connectivity index (χ2n) is 4.84.